The highest BCUT2D eigenvalue weighted by atomic mass is 19.1. The van der Waals surface area contributed by atoms with Crippen LogP contribution in [0.15, 0.2) is 73.1 Å². The molecule has 0 spiro atoms. The van der Waals surface area contributed by atoms with Gasteiger partial charge in [0.05, 0.1) is 11.4 Å². The Kier molecular flexibility index (Phi) is 5.39. The van der Waals surface area contributed by atoms with Crippen LogP contribution in [0.25, 0.3) is 16.9 Å². The third kappa shape index (κ3) is 3.98. The van der Waals surface area contributed by atoms with Crippen molar-refractivity contribution >= 4 is 5.91 Å². The van der Waals surface area contributed by atoms with E-state index in [2.05, 4.69) is 15.4 Å². The van der Waals surface area contributed by atoms with E-state index < -0.39 is 0 Å². The molecule has 0 saturated heterocycles. The second kappa shape index (κ2) is 8.29. The van der Waals surface area contributed by atoms with Crippen molar-refractivity contribution in [2.75, 3.05) is 0 Å². The fourth-order valence-electron chi connectivity index (χ4n) is 3.25. The maximum Gasteiger partial charge on any atom is 0.270 e. The lowest BCUT2D eigenvalue weighted by atomic mass is 10.1. The summed E-state index contributed by atoms with van der Waals surface area (Å²) < 4.78 is 16.0. The number of nitrogens with zero attached hydrogens (tertiary/aromatic N) is 3. The van der Waals surface area contributed by atoms with Gasteiger partial charge in [-0.15, -0.1) is 0 Å². The third-order valence-electron chi connectivity index (χ3n) is 4.86. The summed E-state index contributed by atoms with van der Waals surface area (Å²) in [5.74, 6) is -0.680. The molecule has 4 rings (SSSR count). The van der Waals surface area contributed by atoms with Gasteiger partial charge in [0.2, 0.25) is 0 Å². The van der Waals surface area contributed by atoms with Crippen LogP contribution >= 0.6 is 0 Å². The minimum Gasteiger partial charge on any atom is -0.347 e. The molecule has 4 aromatic rings. The quantitative estimate of drug-likeness (QED) is 0.532. The molecule has 0 aliphatic carbocycles. The predicted octanol–water partition coefficient (Wildman–Crippen LogP) is 4.62. The van der Waals surface area contributed by atoms with Crippen LogP contribution in [0.1, 0.15) is 27.2 Å². The Morgan fingerprint density at radius 3 is 2.67 bits per heavy atom. The number of pyridine rings is 1. The molecule has 0 aliphatic heterocycles. The van der Waals surface area contributed by atoms with E-state index in [0.717, 1.165) is 22.4 Å². The molecule has 0 saturated carbocycles. The van der Waals surface area contributed by atoms with E-state index in [1.54, 1.807) is 41.3 Å². The molecule has 150 valence electrons. The Bertz CT molecular complexity index is 1200. The summed E-state index contributed by atoms with van der Waals surface area (Å²) in [6.45, 7) is 4.27. The predicted molar refractivity (Wildman–Crippen MR) is 114 cm³/mol. The zero-order valence-electron chi connectivity index (χ0n) is 16.8. The van der Waals surface area contributed by atoms with Crippen LogP contribution in [0, 0.1) is 19.7 Å². The zero-order chi connectivity index (χ0) is 21.1. The number of rotatable bonds is 5. The number of halogens is 1. The van der Waals surface area contributed by atoms with Crippen molar-refractivity contribution in [2.45, 2.75) is 20.4 Å². The Hall–Kier alpha value is -3.80. The fourth-order valence-corrected chi connectivity index (χ4v) is 3.25. The number of benzene rings is 2. The molecule has 6 heteroatoms. The smallest absolute Gasteiger partial charge is 0.270 e. The zero-order valence-corrected chi connectivity index (χ0v) is 16.8. The molecule has 0 unspecified atom stereocenters. The molecule has 5 nitrogen and oxygen atoms in total. The first kappa shape index (κ1) is 19.5. The number of carbonyl (C=O) groups is 1. The summed E-state index contributed by atoms with van der Waals surface area (Å²) in [5.41, 5.74) is 4.77. The summed E-state index contributed by atoms with van der Waals surface area (Å²) in [6, 6.07) is 17.7. The van der Waals surface area contributed by atoms with Gasteiger partial charge in [-0.25, -0.2) is 9.07 Å². The van der Waals surface area contributed by atoms with Gasteiger partial charge >= 0.3 is 0 Å². The molecule has 1 N–H and O–H groups in total. The fraction of sp³-hybridized carbons (Fsp3) is 0.125. The summed E-state index contributed by atoms with van der Waals surface area (Å²) in [7, 11) is 0. The summed E-state index contributed by atoms with van der Waals surface area (Å²) in [5, 5.41) is 7.50. The second-order valence-electron chi connectivity index (χ2n) is 7.14. The average molecular weight is 400 g/mol. The van der Waals surface area contributed by atoms with Crippen molar-refractivity contribution in [1.82, 2.24) is 20.1 Å². The molecule has 2 aromatic heterocycles. The van der Waals surface area contributed by atoms with Crippen LogP contribution in [0.3, 0.4) is 0 Å². The summed E-state index contributed by atoms with van der Waals surface area (Å²) in [6.07, 6.45) is 3.38. The first-order valence-electron chi connectivity index (χ1n) is 9.62. The highest BCUT2D eigenvalue weighted by Gasteiger charge is 2.20. The van der Waals surface area contributed by atoms with E-state index in [1.165, 1.54) is 6.07 Å². The lowest BCUT2D eigenvalue weighted by molar-refractivity contribution is 0.0943. The van der Waals surface area contributed by atoms with Crippen molar-refractivity contribution in [3.63, 3.8) is 0 Å². The lowest BCUT2D eigenvalue weighted by Gasteiger charge is -2.11. The molecule has 0 bridgehead atoms. The van der Waals surface area contributed by atoms with Gasteiger partial charge in [-0.1, -0.05) is 30.3 Å². The first-order valence-corrected chi connectivity index (χ1v) is 9.62. The van der Waals surface area contributed by atoms with E-state index in [-0.39, 0.29) is 11.7 Å². The minimum atomic E-state index is -0.384. The van der Waals surface area contributed by atoms with E-state index >= 15 is 0 Å². The molecular weight excluding hydrogens is 379 g/mol. The molecule has 2 aromatic carbocycles. The highest BCUT2D eigenvalue weighted by molar-refractivity contribution is 5.94. The molecular formula is C24H21FN4O. The normalized spacial score (nSPS) is 10.8. The lowest BCUT2D eigenvalue weighted by Crippen LogP contribution is -2.25. The highest BCUT2D eigenvalue weighted by Crippen LogP contribution is 2.26. The largest absolute Gasteiger partial charge is 0.347 e. The van der Waals surface area contributed by atoms with E-state index in [4.69, 9.17) is 0 Å². The SMILES string of the molecule is Cc1ccc(C)c(-n2nc(-c3ccccc3F)cc2C(=O)NCc2cccnc2)c1. The number of hydrogen-bond acceptors (Lipinski definition) is 3. The van der Waals surface area contributed by atoms with Crippen LogP contribution < -0.4 is 5.32 Å². The van der Waals surface area contributed by atoms with E-state index in [0.29, 0.717) is 23.5 Å². The van der Waals surface area contributed by atoms with Crippen molar-refractivity contribution in [2.24, 2.45) is 0 Å². The topological polar surface area (TPSA) is 59.8 Å². The molecule has 0 radical (unpaired) electrons. The van der Waals surface area contributed by atoms with Gasteiger partial charge in [0.15, 0.2) is 0 Å². The number of aromatic nitrogens is 3. The monoisotopic (exact) mass is 400 g/mol. The van der Waals surface area contributed by atoms with E-state index in [9.17, 15) is 9.18 Å². The Morgan fingerprint density at radius 2 is 1.90 bits per heavy atom. The van der Waals surface area contributed by atoms with E-state index in [1.807, 2.05) is 44.2 Å². The maximum absolute atomic E-state index is 14.4. The van der Waals surface area contributed by atoms with Crippen molar-refractivity contribution in [3.8, 4) is 16.9 Å². The van der Waals surface area contributed by atoms with Gasteiger partial charge < -0.3 is 5.32 Å². The van der Waals surface area contributed by atoms with Gasteiger partial charge in [-0.3, -0.25) is 9.78 Å². The average Bonchev–Trinajstić information content (AvgIpc) is 3.20. The Morgan fingerprint density at radius 1 is 1.07 bits per heavy atom. The van der Waals surface area contributed by atoms with Gasteiger partial charge in [0.25, 0.3) is 5.91 Å². The first-order chi connectivity index (χ1) is 14.5. The van der Waals surface area contributed by atoms with Crippen LogP contribution in [0.4, 0.5) is 4.39 Å². The Balaban J connectivity index is 1.76. The van der Waals surface area contributed by atoms with Gasteiger partial charge in [-0.05, 0) is 60.9 Å². The van der Waals surface area contributed by atoms with Gasteiger partial charge in [0.1, 0.15) is 11.5 Å². The minimum absolute atomic E-state index is 0.296. The third-order valence-corrected chi connectivity index (χ3v) is 4.86. The Labute approximate surface area is 174 Å². The van der Waals surface area contributed by atoms with Crippen molar-refractivity contribution in [3.05, 3.63) is 101 Å². The number of aryl methyl sites for hydroxylation is 2. The molecule has 0 aliphatic rings. The van der Waals surface area contributed by atoms with Gasteiger partial charge in [0, 0.05) is 24.5 Å². The van der Waals surface area contributed by atoms with Crippen molar-refractivity contribution < 1.29 is 9.18 Å². The number of nitrogens with one attached hydrogen (secondary N) is 1. The summed E-state index contributed by atoms with van der Waals surface area (Å²) >= 11 is 0. The molecule has 1 amide bonds. The molecule has 0 fully saturated rings. The van der Waals surface area contributed by atoms with Crippen LogP contribution in [0.2, 0.25) is 0 Å². The molecule has 30 heavy (non-hydrogen) atoms. The van der Waals surface area contributed by atoms with Crippen LogP contribution in [-0.4, -0.2) is 20.7 Å². The number of carbonyl (C=O) groups excluding carboxylic acids is 1. The van der Waals surface area contributed by atoms with Crippen LogP contribution in [0.5, 0.6) is 0 Å². The summed E-state index contributed by atoms with van der Waals surface area (Å²) in [4.78, 5) is 17.1. The van der Waals surface area contributed by atoms with Crippen LogP contribution in [-0.2, 0) is 6.54 Å². The number of amides is 1. The maximum atomic E-state index is 14.4. The molecule has 0 atom stereocenters. The van der Waals surface area contributed by atoms with Gasteiger partial charge in [-0.2, -0.15) is 5.10 Å². The standard InChI is InChI=1S/C24H21FN4O/c1-16-9-10-17(2)22(12-16)29-23(24(30)27-15-18-6-5-11-26-14-18)13-21(28-29)19-7-3-4-8-20(19)25/h3-14H,15H2,1-2H3,(H,27,30). The molecule has 2 heterocycles. The van der Waals surface area contributed by atoms with Crippen molar-refractivity contribution in [1.29, 1.82) is 0 Å². The number of hydrogen-bond donors (Lipinski definition) is 1. The second-order valence-corrected chi connectivity index (χ2v) is 7.14.